The van der Waals surface area contributed by atoms with Crippen LogP contribution in [0.15, 0.2) is 48.5 Å². The Labute approximate surface area is 274 Å². The van der Waals surface area contributed by atoms with Crippen LogP contribution in [-0.4, -0.2) is 73.1 Å². The first kappa shape index (κ1) is 36.7. The van der Waals surface area contributed by atoms with Crippen molar-refractivity contribution in [1.29, 1.82) is 0 Å². The van der Waals surface area contributed by atoms with E-state index >= 15 is 0 Å². The number of hydrogen-bond acceptors (Lipinski definition) is 2. The molecule has 0 saturated carbocycles. The number of halogens is 4. The minimum absolute atomic E-state index is 0. The Kier molecular flexibility index (Phi) is 16.0. The van der Waals surface area contributed by atoms with Gasteiger partial charge >= 0.3 is 11.8 Å². The number of hydrogen-bond donors (Lipinski definition) is 2. The highest BCUT2D eigenvalue weighted by molar-refractivity contribution is 6.35. The van der Waals surface area contributed by atoms with Gasteiger partial charge in [-0.1, -0.05) is 59.6 Å². The first-order chi connectivity index (χ1) is 19.4. The van der Waals surface area contributed by atoms with Gasteiger partial charge in [0.05, 0.1) is 39.3 Å². The monoisotopic (exact) mass is 658 g/mol. The fraction of sp³-hybridized carbons (Fsp3) is 0.562. The second kappa shape index (κ2) is 18.3. The normalized spacial score (nSPS) is 17.3. The number of nitrogens with zero attached hydrogens (tertiary/aromatic N) is 2. The summed E-state index contributed by atoms with van der Waals surface area (Å²) in [5.41, 5.74) is 2.38. The highest BCUT2D eigenvalue weighted by Crippen LogP contribution is 2.28. The minimum atomic E-state index is -0.533. The van der Waals surface area contributed by atoms with E-state index < -0.39 is 11.8 Å². The van der Waals surface area contributed by atoms with Crippen LogP contribution in [0, 0.1) is 0 Å². The van der Waals surface area contributed by atoms with Crippen molar-refractivity contribution in [2.45, 2.75) is 64.5 Å². The Hall–Kier alpha value is -1.54. The molecule has 4 rings (SSSR count). The first-order valence-electron chi connectivity index (χ1n) is 15.1. The van der Waals surface area contributed by atoms with Gasteiger partial charge in [-0.2, -0.15) is 0 Å². The summed E-state index contributed by atoms with van der Waals surface area (Å²) in [5.74, 6) is -1.07. The number of carbonyl (C=O) groups is 2. The largest absolute Gasteiger partial charge is 1.00 e. The van der Waals surface area contributed by atoms with Crippen molar-refractivity contribution in [2.24, 2.45) is 0 Å². The van der Waals surface area contributed by atoms with Crippen LogP contribution < -0.4 is 35.4 Å². The van der Waals surface area contributed by atoms with E-state index in [4.69, 9.17) is 23.2 Å². The summed E-state index contributed by atoms with van der Waals surface area (Å²) in [6.07, 6.45) is 9.11. The smallest absolute Gasteiger partial charge is 0.309 e. The average Bonchev–Trinajstić information content (AvgIpc) is 2.97. The zero-order valence-electron chi connectivity index (χ0n) is 24.6. The van der Waals surface area contributed by atoms with Gasteiger partial charge in [0.25, 0.3) is 0 Å². The topological polar surface area (TPSA) is 58.2 Å². The van der Waals surface area contributed by atoms with E-state index in [1.54, 1.807) is 0 Å². The van der Waals surface area contributed by atoms with Crippen molar-refractivity contribution in [3.05, 3.63) is 69.7 Å². The quantitative estimate of drug-likeness (QED) is 0.187. The molecule has 0 aromatic heterocycles. The van der Waals surface area contributed by atoms with Crippen LogP contribution in [0.1, 0.15) is 62.5 Å². The summed E-state index contributed by atoms with van der Waals surface area (Å²) in [5, 5.41) is 7.34. The lowest BCUT2D eigenvalue weighted by Crippen LogP contribution is -3.00. The van der Waals surface area contributed by atoms with Gasteiger partial charge in [-0.3, -0.25) is 9.59 Å². The van der Waals surface area contributed by atoms with Gasteiger partial charge in [-0.15, -0.1) is 0 Å². The molecule has 0 atom stereocenters. The maximum absolute atomic E-state index is 12.5. The van der Waals surface area contributed by atoms with Crippen LogP contribution in [-0.2, 0) is 22.7 Å². The van der Waals surface area contributed by atoms with Crippen LogP contribution in [0.5, 0.6) is 0 Å². The lowest BCUT2D eigenvalue weighted by Gasteiger charge is -2.42. The van der Waals surface area contributed by atoms with Crippen LogP contribution in [0.25, 0.3) is 0 Å². The lowest BCUT2D eigenvalue weighted by atomic mass is 10.0. The zero-order valence-corrected chi connectivity index (χ0v) is 27.6. The van der Waals surface area contributed by atoms with Crippen LogP contribution in [0.4, 0.5) is 0 Å². The molecule has 2 aliphatic heterocycles. The molecule has 10 heteroatoms. The summed E-state index contributed by atoms with van der Waals surface area (Å²) in [6, 6.07) is 16.2. The Morgan fingerprint density at radius 2 is 0.952 bits per heavy atom. The Bertz CT molecular complexity index is 1030. The number of nitrogens with one attached hydrogen (secondary N) is 2. The van der Waals surface area contributed by atoms with Gasteiger partial charge in [0.1, 0.15) is 13.1 Å². The minimum Gasteiger partial charge on any atom is -1.00 e. The van der Waals surface area contributed by atoms with E-state index in [1.165, 1.54) is 49.7 Å². The van der Waals surface area contributed by atoms with E-state index in [9.17, 15) is 9.59 Å². The van der Waals surface area contributed by atoms with E-state index in [0.29, 0.717) is 13.1 Å². The van der Waals surface area contributed by atoms with Gasteiger partial charge in [0.2, 0.25) is 0 Å². The Morgan fingerprint density at radius 3 is 1.31 bits per heavy atom. The van der Waals surface area contributed by atoms with Crippen LogP contribution in [0.2, 0.25) is 10.0 Å². The van der Waals surface area contributed by atoms with Gasteiger partial charge in [-0.05, 0) is 50.7 Å². The molecule has 2 aromatic rings. The molecule has 0 spiro atoms. The van der Waals surface area contributed by atoms with E-state index in [0.717, 1.165) is 84.2 Å². The Balaban J connectivity index is 0.00000308. The SMILES string of the molecule is O=C(NCCC[N+]1(Cc2ccccc2Cl)CCCCC1)C(=O)NCCC[N+]1(Cc2ccccc2Cl)CCCCC1.[Cl-].[Cl-]. The second-order valence-electron chi connectivity index (χ2n) is 11.9. The summed E-state index contributed by atoms with van der Waals surface area (Å²) in [4.78, 5) is 25.0. The molecule has 0 bridgehead atoms. The van der Waals surface area contributed by atoms with Crippen molar-refractivity contribution in [3.8, 4) is 0 Å². The van der Waals surface area contributed by atoms with Gasteiger partial charge < -0.3 is 44.4 Å². The molecule has 234 valence electrons. The molecule has 2 aromatic carbocycles. The molecule has 42 heavy (non-hydrogen) atoms. The number of likely N-dealkylation sites (tertiary alicyclic amines) is 2. The maximum atomic E-state index is 12.5. The van der Waals surface area contributed by atoms with Crippen molar-refractivity contribution in [1.82, 2.24) is 10.6 Å². The number of quaternary nitrogens is 2. The molecule has 2 amide bonds. The maximum Gasteiger partial charge on any atom is 0.309 e. The fourth-order valence-corrected chi connectivity index (χ4v) is 7.05. The van der Waals surface area contributed by atoms with Gasteiger partial charge in [0.15, 0.2) is 0 Å². The number of carbonyl (C=O) groups excluding carboxylic acids is 2. The second-order valence-corrected chi connectivity index (χ2v) is 12.7. The number of piperidine rings is 2. The van der Waals surface area contributed by atoms with Crippen molar-refractivity contribution in [2.75, 3.05) is 52.4 Å². The number of amides is 2. The molecular weight excluding hydrogens is 614 g/mol. The standard InChI is InChI=1S/C32H44Cl2N4O2.2ClH/c33-29-15-5-3-13-27(29)25-37(19-7-1-8-20-37)23-11-17-35-31(39)32(40)36-18-12-24-38(21-9-2-10-22-38)26-28-14-4-6-16-30(28)34;;/h3-6,13-16H,1-2,7-12,17-26H2;2*1H. The lowest BCUT2D eigenvalue weighted by molar-refractivity contribution is -0.945. The zero-order chi connectivity index (χ0) is 28.3. The predicted molar refractivity (Wildman–Crippen MR) is 163 cm³/mol. The summed E-state index contributed by atoms with van der Waals surface area (Å²) < 4.78 is 2.00. The first-order valence-corrected chi connectivity index (χ1v) is 15.9. The van der Waals surface area contributed by atoms with Crippen molar-refractivity contribution >= 4 is 35.0 Å². The van der Waals surface area contributed by atoms with Crippen molar-refractivity contribution < 1.29 is 43.4 Å². The molecule has 0 unspecified atom stereocenters. The molecule has 2 heterocycles. The highest BCUT2D eigenvalue weighted by atomic mass is 35.5. The van der Waals surface area contributed by atoms with Crippen LogP contribution in [0.3, 0.4) is 0 Å². The Morgan fingerprint density at radius 1 is 0.595 bits per heavy atom. The van der Waals surface area contributed by atoms with E-state index in [1.807, 2.05) is 36.4 Å². The van der Waals surface area contributed by atoms with E-state index in [-0.39, 0.29) is 24.8 Å². The molecule has 6 nitrogen and oxygen atoms in total. The summed E-state index contributed by atoms with van der Waals surface area (Å²) in [7, 11) is 0. The average molecular weight is 661 g/mol. The van der Waals surface area contributed by atoms with Gasteiger partial charge in [-0.25, -0.2) is 0 Å². The third-order valence-corrected chi connectivity index (χ3v) is 9.59. The van der Waals surface area contributed by atoms with Crippen molar-refractivity contribution in [3.63, 3.8) is 0 Å². The number of benzene rings is 2. The third-order valence-electron chi connectivity index (χ3n) is 8.85. The molecule has 2 fully saturated rings. The van der Waals surface area contributed by atoms with Gasteiger partial charge in [0, 0.05) is 47.1 Å². The van der Waals surface area contributed by atoms with Crippen LogP contribution >= 0.6 is 23.2 Å². The highest BCUT2D eigenvalue weighted by Gasteiger charge is 2.32. The molecule has 2 aliphatic rings. The number of rotatable bonds is 12. The molecule has 0 aliphatic carbocycles. The molecule has 2 N–H and O–H groups in total. The molecule has 2 saturated heterocycles. The molecule has 0 radical (unpaired) electrons. The summed E-state index contributed by atoms with van der Waals surface area (Å²) in [6.45, 7) is 9.34. The fourth-order valence-electron chi connectivity index (χ4n) is 6.66. The predicted octanol–water partition coefficient (Wildman–Crippen LogP) is -0.284. The molecular formula is C32H46Cl4N4O2. The van der Waals surface area contributed by atoms with E-state index in [2.05, 4.69) is 22.8 Å². The summed E-state index contributed by atoms with van der Waals surface area (Å²) >= 11 is 12.9. The third kappa shape index (κ3) is 10.9.